The summed E-state index contributed by atoms with van der Waals surface area (Å²) in [4.78, 5) is 56.5. The van der Waals surface area contributed by atoms with Gasteiger partial charge in [-0.15, -0.1) is 0 Å². The van der Waals surface area contributed by atoms with Crippen molar-refractivity contribution in [3.63, 3.8) is 0 Å². The minimum Gasteiger partial charge on any atom is -0.479 e. The van der Waals surface area contributed by atoms with Gasteiger partial charge in [-0.2, -0.15) is 0 Å². The minimum atomic E-state index is -1.69. The van der Waals surface area contributed by atoms with Gasteiger partial charge in [0.05, 0.1) is 35.4 Å². The second kappa shape index (κ2) is 26.8. The number of aliphatic hydroxyl groups excluding tert-OH is 5. The van der Waals surface area contributed by atoms with Gasteiger partial charge in [0.25, 0.3) is 5.69 Å². The molecule has 2 aromatic carbocycles. The number of nitro benzene ring substituents is 1. The van der Waals surface area contributed by atoms with Crippen LogP contribution in [0.25, 0.3) is 10.9 Å². The van der Waals surface area contributed by atoms with Crippen molar-refractivity contribution >= 4 is 34.4 Å². The number of ether oxygens (including phenoxy) is 6. The van der Waals surface area contributed by atoms with Crippen LogP contribution in [0.5, 0.6) is 0 Å². The quantitative estimate of drug-likeness (QED) is 0.0329. The Morgan fingerprint density at radius 1 is 0.803 bits per heavy atom. The molecule has 2 saturated carbocycles. The third-order valence-electron chi connectivity index (χ3n) is 16.1. The van der Waals surface area contributed by atoms with Gasteiger partial charge in [-0.25, -0.2) is 9.59 Å². The summed E-state index contributed by atoms with van der Waals surface area (Å²) >= 11 is 0. The van der Waals surface area contributed by atoms with Crippen molar-refractivity contribution in [2.75, 3.05) is 52.4 Å². The molecule has 1 amide bonds. The molecule has 3 aliphatic heterocycles. The molecule has 9 unspecified atom stereocenters. The van der Waals surface area contributed by atoms with Crippen molar-refractivity contribution in [1.29, 1.82) is 0 Å². The van der Waals surface area contributed by atoms with E-state index in [9.17, 15) is 55.1 Å². The maximum absolute atomic E-state index is 14.1. The summed E-state index contributed by atoms with van der Waals surface area (Å²) in [5.41, 5.74) is 1.18. The first kappa shape index (κ1) is 57.5. The lowest BCUT2D eigenvalue weighted by molar-refractivity contribution is -0.384. The number of carboxylic acids is 1. The summed E-state index contributed by atoms with van der Waals surface area (Å²) in [5, 5.41) is 80.2. The predicted molar refractivity (Wildman–Crippen MR) is 273 cm³/mol. The van der Waals surface area contributed by atoms with E-state index < -0.39 is 110 Å². The predicted octanol–water partition coefficient (Wildman–Crippen LogP) is 2.82. The lowest BCUT2D eigenvalue weighted by Gasteiger charge is -2.48. The third kappa shape index (κ3) is 14.3. The summed E-state index contributed by atoms with van der Waals surface area (Å²) in [6, 6.07) is 14.8. The molecule has 22 nitrogen and oxygen atoms in total. The highest BCUT2D eigenvalue weighted by molar-refractivity contribution is 5.89. The molecule has 15 atom stereocenters. The molecule has 0 bridgehead atoms. The van der Waals surface area contributed by atoms with Crippen LogP contribution in [-0.4, -0.2) is 200 Å². The number of benzene rings is 2. The van der Waals surface area contributed by atoms with Crippen molar-refractivity contribution < 1.29 is 78.4 Å². The van der Waals surface area contributed by atoms with E-state index in [1.807, 2.05) is 19.2 Å². The standard InChI is InChI=1S/C54H77N5O17/c1-32-27-37(50(65)55-18-9-19-56-23-25-57(26-24-56)20-10-21-58-22-17-36-29-38(59(69)70)15-16-39(36)58)30-40(47(32)76-53-46(64)45(63)43(61)33(2)71-53)73-54-49(75-52(68)35-13-7-4-8-14-35)48(44(62)42(31-60)74-54)72-41(51(66)67)28-34-11-5-3-6-12-34/h4,7-8,13-17,22,29,32-34,37,40-49,53-54,60-64H,3,5-6,9-12,18-21,23-28,30-31H2,1-2H3,(H,55,65)(H,66,67)/t32?,33?,37?,40-,41+,42?,43-,44+,45?,46?,47?,48?,49?,53+,54-/m1/s1. The second-order valence-electron chi connectivity index (χ2n) is 21.4. The number of non-ortho nitro benzene ring substituents is 1. The highest BCUT2D eigenvalue weighted by Gasteiger charge is 2.54. The number of hydrogen-bond acceptors (Lipinski definition) is 18. The summed E-state index contributed by atoms with van der Waals surface area (Å²) in [5.74, 6) is -3.48. The zero-order valence-electron chi connectivity index (χ0n) is 43.4. The average Bonchev–Trinajstić information content (AvgIpc) is 3.83. The van der Waals surface area contributed by atoms with Gasteiger partial charge in [-0.3, -0.25) is 14.9 Å². The molecular formula is C54H77N5O17. The molecule has 3 saturated heterocycles. The van der Waals surface area contributed by atoms with Crippen LogP contribution in [0, 0.1) is 27.9 Å². The zero-order valence-corrected chi connectivity index (χ0v) is 43.4. The van der Waals surface area contributed by atoms with Crippen LogP contribution in [0.1, 0.15) is 88.4 Å². The number of piperazine rings is 1. The van der Waals surface area contributed by atoms with Gasteiger partial charge in [0.2, 0.25) is 5.91 Å². The zero-order chi connectivity index (χ0) is 54.0. The molecule has 1 aromatic heterocycles. The number of carboxylic acid groups (broad SMARTS) is 1. The number of esters is 1. The number of aromatic nitrogens is 1. The fourth-order valence-corrected chi connectivity index (χ4v) is 11.7. The van der Waals surface area contributed by atoms with E-state index in [4.69, 9.17) is 28.4 Å². The molecule has 0 spiro atoms. The molecule has 420 valence electrons. The topological polar surface area (TPSA) is 295 Å². The molecular weight excluding hydrogens is 991 g/mol. The van der Waals surface area contributed by atoms with Crippen molar-refractivity contribution in [2.24, 2.45) is 17.8 Å². The fraction of sp³-hybridized carbons (Fsp3) is 0.685. The SMILES string of the molecule is CC1CC(C(=O)NCCCN2CCN(CCCn3ccc4cc([N+](=O)[O-])ccc43)CC2)C[C@@H](O[C@@H]2OC(CO)[C@H](O)C(O[C@@H](CC3CCCCC3)C(=O)O)C2OC(=O)c2ccccc2)C1O[C@@H]1OC(C)[C@@H](O)C(O)C1O. The first-order valence-corrected chi connectivity index (χ1v) is 27.1. The van der Waals surface area contributed by atoms with Crippen LogP contribution in [0.4, 0.5) is 5.69 Å². The summed E-state index contributed by atoms with van der Waals surface area (Å²) in [6.45, 7) is 9.03. The molecule has 76 heavy (non-hydrogen) atoms. The van der Waals surface area contributed by atoms with E-state index in [2.05, 4.69) is 19.7 Å². The summed E-state index contributed by atoms with van der Waals surface area (Å²) in [6.07, 6.45) is -9.96. The Kier molecular flexibility index (Phi) is 20.3. The number of aliphatic carboxylic acids is 1. The first-order valence-electron chi connectivity index (χ1n) is 27.1. The van der Waals surface area contributed by atoms with Crippen LogP contribution >= 0.6 is 0 Å². The van der Waals surface area contributed by atoms with Gasteiger partial charge in [0, 0.05) is 74.4 Å². The van der Waals surface area contributed by atoms with E-state index in [1.54, 1.807) is 30.3 Å². The van der Waals surface area contributed by atoms with Crippen molar-refractivity contribution in [3.8, 4) is 0 Å². The Morgan fingerprint density at radius 2 is 1.51 bits per heavy atom. The van der Waals surface area contributed by atoms with Crippen LogP contribution in [0.15, 0.2) is 60.8 Å². The average molecular weight is 1070 g/mol. The molecule has 5 aliphatic rings. The number of nitro groups is 1. The normalized spacial score (nSPS) is 32.4. The van der Waals surface area contributed by atoms with Gasteiger partial charge >= 0.3 is 11.9 Å². The second-order valence-corrected chi connectivity index (χ2v) is 21.4. The number of aryl methyl sites for hydroxylation is 1. The van der Waals surface area contributed by atoms with Gasteiger partial charge in [-0.05, 0) is 88.2 Å². The van der Waals surface area contributed by atoms with Crippen LogP contribution in [0.3, 0.4) is 0 Å². The maximum Gasteiger partial charge on any atom is 0.338 e. The minimum absolute atomic E-state index is 0.00590. The fourth-order valence-electron chi connectivity index (χ4n) is 11.7. The van der Waals surface area contributed by atoms with Crippen LogP contribution in [0.2, 0.25) is 0 Å². The number of aliphatic hydroxyl groups is 5. The molecule has 7 N–H and O–H groups in total. The van der Waals surface area contributed by atoms with Crippen molar-refractivity contribution in [3.05, 3.63) is 76.5 Å². The number of carbonyl (C=O) groups excluding carboxylic acids is 2. The number of nitrogens with one attached hydrogen (secondary N) is 1. The summed E-state index contributed by atoms with van der Waals surface area (Å²) < 4.78 is 39.7. The number of nitrogens with zero attached hydrogens (tertiary/aromatic N) is 4. The lowest BCUT2D eigenvalue weighted by atomic mass is 9.77. The number of hydrogen-bond donors (Lipinski definition) is 7. The number of carbonyl (C=O) groups is 3. The molecule has 3 aromatic rings. The Labute approximate surface area is 442 Å². The van der Waals surface area contributed by atoms with Crippen LogP contribution in [-0.2, 0) is 44.6 Å². The first-order chi connectivity index (χ1) is 36.6. The third-order valence-corrected chi connectivity index (χ3v) is 16.1. The maximum atomic E-state index is 14.1. The monoisotopic (exact) mass is 1070 g/mol. The molecule has 5 fully saturated rings. The smallest absolute Gasteiger partial charge is 0.338 e. The van der Waals surface area contributed by atoms with Gasteiger partial charge in [-0.1, -0.05) is 57.2 Å². The Balaban J connectivity index is 0.923. The summed E-state index contributed by atoms with van der Waals surface area (Å²) in [7, 11) is 0. The lowest BCUT2D eigenvalue weighted by Crippen LogP contribution is -2.64. The number of fused-ring (bicyclic) bond motifs is 1. The van der Waals surface area contributed by atoms with E-state index >= 15 is 0 Å². The molecule has 4 heterocycles. The highest BCUT2D eigenvalue weighted by Crippen LogP contribution is 2.39. The van der Waals surface area contributed by atoms with Gasteiger partial charge in [0.15, 0.2) is 24.8 Å². The van der Waals surface area contributed by atoms with E-state index in [0.717, 1.165) is 95.2 Å². The Hall–Kier alpha value is -4.69. The molecule has 22 heteroatoms. The van der Waals surface area contributed by atoms with Gasteiger partial charge in [0.1, 0.15) is 36.6 Å². The Bertz CT molecular complexity index is 2370. The molecule has 8 rings (SSSR count). The van der Waals surface area contributed by atoms with Crippen molar-refractivity contribution in [2.45, 2.75) is 164 Å². The van der Waals surface area contributed by atoms with Gasteiger partial charge < -0.3 is 78.7 Å². The van der Waals surface area contributed by atoms with E-state index in [1.165, 1.54) is 25.1 Å². The molecule has 0 radical (unpaired) electrons. The Morgan fingerprint density at radius 3 is 2.20 bits per heavy atom. The van der Waals surface area contributed by atoms with E-state index in [-0.39, 0.29) is 40.8 Å². The molecule has 2 aliphatic carbocycles. The number of amides is 1. The van der Waals surface area contributed by atoms with Crippen LogP contribution < -0.4 is 5.32 Å². The largest absolute Gasteiger partial charge is 0.479 e. The highest BCUT2D eigenvalue weighted by atomic mass is 16.7. The van der Waals surface area contributed by atoms with Crippen molar-refractivity contribution in [1.82, 2.24) is 19.7 Å². The number of rotatable bonds is 22. The van der Waals surface area contributed by atoms with E-state index in [0.29, 0.717) is 19.4 Å².